The predicted molar refractivity (Wildman–Crippen MR) is 65.3 cm³/mol. The molecule has 1 aliphatic rings. The molecule has 0 bridgehead atoms. The molecular formula is C11H15BrO2S. The van der Waals surface area contributed by atoms with Gasteiger partial charge in [-0.1, -0.05) is 0 Å². The van der Waals surface area contributed by atoms with Crippen LogP contribution in [0.1, 0.15) is 17.7 Å². The van der Waals surface area contributed by atoms with Gasteiger partial charge in [0.1, 0.15) is 0 Å². The smallest absolute Gasteiger partial charge is 0.0618 e. The average molecular weight is 291 g/mol. The first-order valence-electron chi connectivity index (χ1n) is 5.24. The van der Waals surface area contributed by atoms with Gasteiger partial charge in [-0.05, 0) is 40.8 Å². The molecule has 2 rings (SSSR count). The zero-order chi connectivity index (χ0) is 10.7. The second-order valence-corrected chi connectivity index (χ2v) is 5.86. The van der Waals surface area contributed by atoms with E-state index in [0.717, 1.165) is 36.9 Å². The third-order valence-electron chi connectivity index (χ3n) is 2.84. The van der Waals surface area contributed by atoms with E-state index in [9.17, 15) is 5.11 Å². The lowest BCUT2D eigenvalue weighted by molar-refractivity contribution is 0.00867. The van der Waals surface area contributed by atoms with Gasteiger partial charge in [0.25, 0.3) is 0 Å². The standard InChI is InChI=1S/C11H15BrO2S/c12-9-5-10(15-7-9)6-11(13)8-1-3-14-4-2-8/h5,7-8,11,13H,1-4,6H2. The minimum Gasteiger partial charge on any atom is -0.392 e. The van der Waals surface area contributed by atoms with Crippen molar-refractivity contribution in [2.45, 2.75) is 25.4 Å². The van der Waals surface area contributed by atoms with Crippen molar-refractivity contribution >= 4 is 27.3 Å². The number of ether oxygens (including phenoxy) is 1. The summed E-state index contributed by atoms with van der Waals surface area (Å²) >= 11 is 5.13. The van der Waals surface area contributed by atoms with Crippen molar-refractivity contribution in [2.75, 3.05) is 13.2 Å². The van der Waals surface area contributed by atoms with E-state index in [0.29, 0.717) is 5.92 Å². The monoisotopic (exact) mass is 290 g/mol. The summed E-state index contributed by atoms with van der Waals surface area (Å²) in [5.74, 6) is 0.416. The lowest BCUT2D eigenvalue weighted by Gasteiger charge is -2.26. The van der Waals surface area contributed by atoms with Crippen LogP contribution >= 0.6 is 27.3 Å². The fraction of sp³-hybridized carbons (Fsp3) is 0.636. The molecule has 1 fully saturated rings. The van der Waals surface area contributed by atoms with E-state index in [2.05, 4.69) is 27.4 Å². The molecule has 0 aromatic carbocycles. The topological polar surface area (TPSA) is 29.5 Å². The Morgan fingerprint density at radius 1 is 1.53 bits per heavy atom. The molecule has 1 atom stereocenters. The van der Waals surface area contributed by atoms with Gasteiger partial charge < -0.3 is 9.84 Å². The summed E-state index contributed by atoms with van der Waals surface area (Å²) in [6.07, 6.45) is 2.56. The molecule has 0 amide bonds. The lowest BCUT2D eigenvalue weighted by atomic mass is 9.92. The zero-order valence-electron chi connectivity index (χ0n) is 8.49. The molecule has 4 heteroatoms. The van der Waals surface area contributed by atoms with Crippen LogP contribution in [0.5, 0.6) is 0 Å². The molecule has 0 radical (unpaired) electrons. The first-order valence-corrected chi connectivity index (χ1v) is 6.91. The molecule has 0 saturated carbocycles. The van der Waals surface area contributed by atoms with Gasteiger partial charge in [-0.25, -0.2) is 0 Å². The van der Waals surface area contributed by atoms with Crippen molar-refractivity contribution in [3.63, 3.8) is 0 Å². The Kier molecular flexibility index (Phi) is 4.20. The van der Waals surface area contributed by atoms with Gasteiger partial charge >= 0.3 is 0 Å². The quantitative estimate of drug-likeness (QED) is 0.928. The molecule has 0 aliphatic carbocycles. The molecular weight excluding hydrogens is 276 g/mol. The van der Waals surface area contributed by atoms with Crippen LogP contribution in [0.3, 0.4) is 0 Å². The summed E-state index contributed by atoms with van der Waals surface area (Å²) < 4.78 is 6.40. The van der Waals surface area contributed by atoms with Gasteiger partial charge in [-0.3, -0.25) is 0 Å². The van der Waals surface area contributed by atoms with Gasteiger partial charge in [0.2, 0.25) is 0 Å². The minimum absolute atomic E-state index is 0.209. The first-order chi connectivity index (χ1) is 7.25. The molecule has 1 N–H and O–H groups in total. The summed E-state index contributed by atoms with van der Waals surface area (Å²) in [6.45, 7) is 1.60. The first kappa shape index (κ1) is 11.6. The number of halogens is 1. The lowest BCUT2D eigenvalue weighted by Crippen LogP contribution is -2.28. The van der Waals surface area contributed by atoms with Crippen LogP contribution in [-0.4, -0.2) is 24.4 Å². The minimum atomic E-state index is -0.209. The van der Waals surface area contributed by atoms with Gasteiger partial charge in [-0.15, -0.1) is 11.3 Å². The maximum absolute atomic E-state index is 10.1. The van der Waals surface area contributed by atoms with Crippen LogP contribution in [0.25, 0.3) is 0 Å². The van der Waals surface area contributed by atoms with Crippen molar-refractivity contribution in [1.82, 2.24) is 0 Å². The van der Waals surface area contributed by atoms with Crippen LogP contribution in [0, 0.1) is 5.92 Å². The number of hydrogen-bond donors (Lipinski definition) is 1. The van der Waals surface area contributed by atoms with Crippen LogP contribution in [0.4, 0.5) is 0 Å². The highest BCUT2D eigenvalue weighted by atomic mass is 79.9. The second-order valence-electron chi connectivity index (χ2n) is 3.95. The van der Waals surface area contributed by atoms with Crippen molar-refractivity contribution in [2.24, 2.45) is 5.92 Å². The number of hydrogen-bond acceptors (Lipinski definition) is 3. The summed E-state index contributed by atoms with van der Waals surface area (Å²) in [7, 11) is 0. The number of thiophene rings is 1. The van der Waals surface area contributed by atoms with Gasteiger partial charge in [0.05, 0.1) is 6.10 Å². The van der Waals surface area contributed by atoms with Crippen molar-refractivity contribution in [1.29, 1.82) is 0 Å². The molecule has 15 heavy (non-hydrogen) atoms. The molecule has 2 heterocycles. The SMILES string of the molecule is OC(Cc1cc(Br)cs1)C1CCOCC1. The van der Waals surface area contributed by atoms with E-state index in [1.54, 1.807) is 11.3 Å². The van der Waals surface area contributed by atoms with E-state index < -0.39 is 0 Å². The highest BCUT2D eigenvalue weighted by Crippen LogP contribution is 2.25. The van der Waals surface area contributed by atoms with Gasteiger partial charge in [0, 0.05) is 34.4 Å². The van der Waals surface area contributed by atoms with E-state index >= 15 is 0 Å². The maximum atomic E-state index is 10.1. The highest BCUT2D eigenvalue weighted by molar-refractivity contribution is 9.10. The Labute approximate surface area is 102 Å². The number of aliphatic hydroxyl groups is 1. The maximum Gasteiger partial charge on any atom is 0.0618 e. The van der Waals surface area contributed by atoms with Crippen LogP contribution in [0.2, 0.25) is 0 Å². The average Bonchev–Trinajstić information content (AvgIpc) is 2.65. The van der Waals surface area contributed by atoms with E-state index in [1.165, 1.54) is 4.88 Å². The van der Waals surface area contributed by atoms with Crippen LogP contribution in [-0.2, 0) is 11.2 Å². The molecule has 0 spiro atoms. The molecule has 1 aromatic heterocycles. The molecule has 84 valence electrons. The van der Waals surface area contributed by atoms with Crippen molar-refractivity contribution in [3.05, 3.63) is 20.8 Å². The van der Waals surface area contributed by atoms with Crippen LogP contribution < -0.4 is 0 Å². The summed E-state index contributed by atoms with van der Waals surface area (Å²) in [4.78, 5) is 1.25. The van der Waals surface area contributed by atoms with Crippen LogP contribution in [0.15, 0.2) is 15.9 Å². The van der Waals surface area contributed by atoms with Gasteiger partial charge in [-0.2, -0.15) is 0 Å². The molecule has 2 nitrogen and oxygen atoms in total. The largest absolute Gasteiger partial charge is 0.392 e. The predicted octanol–water partition coefficient (Wildman–Crippen LogP) is 2.84. The van der Waals surface area contributed by atoms with E-state index in [4.69, 9.17) is 4.74 Å². The van der Waals surface area contributed by atoms with Gasteiger partial charge in [0.15, 0.2) is 0 Å². The molecule has 1 aliphatic heterocycles. The molecule has 1 aromatic rings. The normalized spacial score (nSPS) is 20.4. The third-order valence-corrected chi connectivity index (χ3v) is 4.56. The second kappa shape index (κ2) is 5.43. The van der Waals surface area contributed by atoms with Crippen molar-refractivity contribution in [3.8, 4) is 0 Å². The Bertz CT molecular complexity index is 307. The Balaban J connectivity index is 1.88. The number of aliphatic hydroxyl groups excluding tert-OH is 1. The summed E-state index contributed by atoms with van der Waals surface area (Å²) in [6, 6.07) is 2.09. The Morgan fingerprint density at radius 2 is 2.27 bits per heavy atom. The van der Waals surface area contributed by atoms with E-state index in [1.807, 2.05) is 0 Å². The molecule has 1 saturated heterocycles. The molecule has 1 unspecified atom stereocenters. The fourth-order valence-corrected chi connectivity index (χ4v) is 3.44. The summed E-state index contributed by atoms with van der Waals surface area (Å²) in [5.41, 5.74) is 0. The van der Waals surface area contributed by atoms with Crippen molar-refractivity contribution < 1.29 is 9.84 Å². The Morgan fingerprint density at radius 3 is 2.87 bits per heavy atom. The third kappa shape index (κ3) is 3.28. The number of rotatable bonds is 3. The zero-order valence-corrected chi connectivity index (χ0v) is 10.9. The highest BCUT2D eigenvalue weighted by Gasteiger charge is 2.22. The summed E-state index contributed by atoms with van der Waals surface area (Å²) in [5, 5.41) is 12.1. The fourth-order valence-electron chi connectivity index (χ4n) is 1.93. The Hall–Kier alpha value is 0.1000. The van der Waals surface area contributed by atoms with E-state index in [-0.39, 0.29) is 6.10 Å².